The molecule has 3 rings (SSSR count). The fourth-order valence-corrected chi connectivity index (χ4v) is 4.75. The van der Waals surface area contributed by atoms with Crippen molar-refractivity contribution in [2.24, 2.45) is 0 Å². The van der Waals surface area contributed by atoms with Gasteiger partial charge in [0.05, 0.1) is 0 Å². The van der Waals surface area contributed by atoms with Gasteiger partial charge in [-0.25, -0.2) is 0 Å². The number of hydrogen-bond donors (Lipinski definition) is 3. The first-order chi connectivity index (χ1) is 14.1. The number of rotatable bonds is 6. The van der Waals surface area contributed by atoms with Crippen LogP contribution >= 0.6 is 11.3 Å². The van der Waals surface area contributed by atoms with E-state index >= 15 is 0 Å². The Morgan fingerprint density at radius 1 is 1.40 bits per heavy atom. The van der Waals surface area contributed by atoms with Gasteiger partial charge in [-0.2, -0.15) is 0 Å². The van der Waals surface area contributed by atoms with E-state index in [1.807, 2.05) is 20.8 Å². The zero-order valence-electron chi connectivity index (χ0n) is 17.9. The van der Waals surface area contributed by atoms with Crippen LogP contribution in [-0.2, 0) is 11.3 Å². The van der Waals surface area contributed by atoms with E-state index in [0.717, 1.165) is 22.0 Å². The Morgan fingerprint density at radius 2 is 2.10 bits per heavy atom. The second kappa shape index (κ2) is 8.45. The van der Waals surface area contributed by atoms with Gasteiger partial charge in [0.2, 0.25) is 0 Å². The van der Waals surface area contributed by atoms with Gasteiger partial charge >= 0.3 is 180 Å². The van der Waals surface area contributed by atoms with Crippen LogP contribution in [0.3, 0.4) is 0 Å². The average molecular weight is 429 g/mol. The third-order valence-electron chi connectivity index (χ3n) is 5.18. The molecule has 8 nitrogen and oxygen atoms in total. The second-order valence-electron chi connectivity index (χ2n) is 7.76. The molecule has 2 aromatic heterocycles. The summed E-state index contributed by atoms with van der Waals surface area (Å²) in [5, 5.41) is 21.2. The first kappa shape index (κ1) is 22.4. The number of carbonyl (C=O) groups excluding carboxylic acids is 2. The molecular weight excluding hydrogens is 403 g/mol. The van der Waals surface area contributed by atoms with Crippen molar-refractivity contribution in [2.75, 3.05) is 20.2 Å². The monoisotopic (exact) mass is 429 g/mol. The molecule has 0 spiro atoms. The molecule has 1 fully saturated rings. The van der Waals surface area contributed by atoms with E-state index < -0.39 is 11.5 Å². The quantitative estimate of drug-likeness (QED) is 0.600. The third-order valence-corrected chi connectivity index (χ3v) is 6.45. The predicted molar refractivity (Wildman–Crippen MR) is 116 cm³/mol. The number of β-amino-alcohol motifs (C(OH)–C–C–N with tert-alkyl or cyclic N) is 1. The Labute approximate surface area is 180 Å². The van der Waals surface area contributed by atoms with Crippen LogP contribution in [0.4, 0.5) is 0 Å². The number of nitrogens with one attached hydrogen (secondary N) is 2. The molecule has 1 aliphatic heterocycles. The molecular formula is C20H26BN4O4S. The zero-order chi connectivity index (χ0) is 22.2. The minimum atomic E-state index is -1.14. The number of aryl methyl sites for hydroxylation is 2. The number of H-pyrrole nitrogens is 1. The first-order valence-corrected chi connectivity index (χ1v) is 10.6. The Kier molecular flexibility index (Phi) is 6.30. The molecule has 159 valence electrons. The Hall–Kier alpha value is -2.30. The maximum absolute atomic E-state index is 13.5. The molecule has 1 atom stereocenters. The molecule has 3 N–H and O–H groups in total. The van der Waals surface area contributed by atoms with E-state index in [9.17, 15) is 14.7 Å². The van der Waals surface area contributed by atoms with Crippen molar-refractivity contribution in [2.45, 2.75) is 46.1 Å². The molecule has 0 bridgehead atoms. The van der Waals surface area contributed by atoms with Crippen LogP contribution in [0, 0.1) is 13.8 Å². The van der Waals surface area contributed by atoms with Gasteiger partial charge in [-0.1, -0.05) is 0 Å². The van der Waals surface area contributed by atoms with Crippen molar-refractivity contribution in [3.05, 3.63) is 37.8 Å². The van der Waals surface area contributed by atoms with Crippen LogP contribution in [0.5, 0.6) is 0 Å². The van der Waals surface area contributed by atoms with E-state index in [1.165, 1.54) is 18.4 Å². The number of aromatic amines is 1. The molecule has 0 aromatic carbocycles. The summed E-state index contributed by atoms with van der Waals surface area (Å²) in [6.07, 6.45) is 0.960. The SMILES string of the molecule is [B]=C(CC)c1sc(Cc2c(C)n[nH]c2C)c(C(=O)N2CC(C)(O)CO2)c1C(=O)NC. The summed E-state index contributed by atoms with van der Waals surface area (Å²) < 4.78 is 0. The summed E-state index contributed by atoms with van der Waals surface area (Å²) in [5.74, 6) is -0.856. The molecule has 10 heteroatoms. The van der Waals surface area contributed by atoms with E-state index in [0.29, 0.717) is 28.1 Å². The van der Waals surface area contributed by atoms with Crippen molar-refractivity contribution in [3.63, 3.8) is 0 Å². The number of aliphatic hydroxyl groups is 1. The fraction of sp³-hybridized carbons (Fsp3) is 0.500. The molecule has 1 saturated heterocycles. The van der Waals surface area contributed by atoms with Crippen LogP contribution in [0.25, 0.3) is 0 Å². The molecule has 1 unspecified atom stereocenters. The number of carbonyl (C=O) groups is 2. The molecule has 30 heavy (non-hydrogen) atoms. The zero-order valence-corrected chi connectivity index (χ0v) is 18.7. The van der Waals surface area contributed by atoms with Gasteiger partial charge in [0.1, 0.15) is 0 Å². The summed E-state index contributed by atoms with van der Waals surface area (Å²) in [7, 11) is 7.75. The van der Waals surface area contributed by atoms with E-state index in [-0.39, 0.29) is 30.2 Å². The molecule has 1 aliphatic rings. The van der Waals surface area contributed by atoms with Crippen molar-refractivity contribution in [3.8, 4) is 0 Å². The van der Waals surface area contributed by atoms with Crippen molar-refractivity contribution < 1.29 is 19.5 Å². The predicted octanol–water partition coefficient (Wildman–Crippen LogP) is 1.28. The van der Waals surface area contributed by atoms with Crippen LogP contribution in [0.15, 0.2) is 0 Å². The van der Waals surface area contributed by atoms with Gasteiger partial charge in [0.25, 0.3) is 0 Å². The summed E-state index contributed by atoms with van der Waals surface area (Å²) in [5.41, 5.74) is 2.58. The molecule has 3 heterocycles. The van der Waals surface area contributed by atoms with Gasteiger partial charge in [-0.05, 0) is 0 Å². The summed E-state index contributed by atoms with van der Waals surface area (Å²) in [6, 6.07) is 0. The summed E-state index contributed by atoms with van der Waals surface area (Å²) in [6.45, 7) is 7.32. The van der Waals surface area contributed by atoms with Crippen LogP contribution in [0.2, 0.25) is 0 Å². The van der Waals surface area contributed by atoms with Crippen LogP contribution in [0.1, 0.15) is 67.7 Å². The van der Waals surface area contributed by atoms with Crippen LogP contribution in [-0.4, -0.2) is 70.9 Å². The number of amides is 2. The molecule has 2 amide bonds. The van der Waals surface area contributed by atoms with Gasteiger partial charge in [-0.3, -0.25) is 0 Å². The molecule has 2 aromatic rings. The standard InChI is InChI=1S/C20H26BN4O4S/c1-6-13(21)17-16(18(26)22-5)15(19(27)25-8-20(4,28)9-29-25)14(30-17)7-12-10(2)23-24-11(12)3/h28H,6-9H2,1-5H3,(H,22,26)(H,23,24). The van der Waals surface area contributed by atoms with Gasteiger partial charge in [0.15, 0.2) is 0 Å². The Morgan fingerprint density at radius 3 is 2.60 bits per heavy atom. The van der Waals surface area contributed by atoms with Gasteiger partial charge in [0, 0.05) is 0 Å². The van der Waals surface area contributed by atoms with Crippen LogP contribution < -0.4 is 5.32 Å². The number of hydroxylamine groups is 2. The van der Waals surface area contributed by atoms with E-state index in [4.69, 9.17) is 12.3 Å². The van der Waals surface area contributed by atoms with Crippen molar-refractivity contribution in [1.82, 2.24) is 20.6 Å². The molecule has 0 aliphatic carbocycles. The third kappa shape index (κ3) is 4.12. The molecule has 1 radical (unpaired) electrons. The number of nitrogens with zero attached hydrogens (tertiary/aromatic N) is 2. The normalized spacial score (nSPS) is 18.6. The first-order valence-electron chi connectivity index (χ1n) is 9.76. The average Bonchev–Trinajstić information content (AvgIpc) is 3.37. The van der Waals surface area contributed by atoms with E-state index in [1.54, 1.807) is 6.92 Å². The Balaban J connectivity index is 2.17. The fourth-order valence-electron chi connectivity index (χ4n) is 3.43. The topological polar surface area (TPSA) is 108 Å². The number of thiophene rings is 1. The number of aromatic nitrogens is 2. The second-order valence-corrected chi connectivity index (χ2v) is 8.87. The van der Waals surface area contributed by atoms with E-state index in [2.05, 4.69) is 15.5 Å². The van der Waals surface area contributed by atoms with Gasteiger partial charge in [-0.15, -0.1) is 0 Å². The van der Waals surface area contributed by atoms with Crippen molar-refractivity contribution in [1.29, 1.82) is 0 Å². The summed E-state index contributed by atoms with van der Waals surface area (Å²) in [4.78, 5) is 33.0. The minimum absolute atomic E-state index is 0.00352. The van der Waals surface area contributed by atoms with Gasteiger partial charge < -0.3 is 0 Å². The number of hydrogen-bond acceptors (Lipinski definition) is 6. The summed E-state index contributed by atoms with van der Waals surface area (Å²) >= 11 is 1.34. The molecule has 0 saturated carbocycles. The van der Waals surface area contributed by atoms with Crippen molar-refractivity contribution >= 4 is 36.1 Å². The Bertz CT molecular complexity index is 991. The maximum atomic E-state index is 13.5.